The van der Waals surface area contributed by atoms with Crippen LogP contribution in [-0.4, -0.2) is 71.6 Å². The number of carboxylic acids is 1. The molecule has 0 unspecified atom stereocenters. The molecule has 35 heavy (non-hydrogen) atoms. The van der Waals surface area contributed by atoms with Crippen molar-refractivity contribution in [1.29, 1.82) is 0 Å². The summed E-state index contributed by atoms with van der Waals surface area (Å²) in [5.41, 5.74) is 0.555. The summed E-state index contributed by atoms with van der Waals surface area (Å²) in [4.78, 5) is 37.3. The molecular weight excluding hydrogens is 484 g/mol. The number of hydrogen-bond acceptors (Lipinski definition) is 4. The van der Waals surface area contributed by atoms with Crippen LogP contribution in [0.25, 0.3) is 0 Å². The Morgan fingerprint density at radius 2 is 1.51 bits per heavy atom. The first kappa shape index (κ1) is 27.6. The van der Waals surface area contributed by atoms with Crippen molar-refractivity contribution in [1.82, 2.24) is 15.1 Å². The highest BCUT2D eigenvalue weighted by molar-refractivity contribution is 5.96. The van der Waals surface area contributed by atoms with Crippen LogP contribution in [0.2, 0.25) is 0 Å². The molecule has 1 aliphatic heterocycles. The average Bonchev–Trinajstić information content (AvgIpc) is 2.81. The van der Waals surface area contributed by atoms with Gasteiger partial charge in [0.15, 0.2) is 11.6 Å². The quantitative estimate of drug-likeness (QED) is 0.611. The van der Waals surface area contributed by atoms with Crippen LogP contribution in [0.5, 0.6) is 0 Å². The maximum absolute atomic E-state index is 13.6. The van der Waals surface area contributed by atoms with E-state index < -0.39 is 35.5 Å². The minimum Gasteiger partial charge on any atom is -0.475 e. The van der Waals surface area contributed by atoms with E-state index in [4.69, 9.17) is 9.90 Å². The number of piperazine rings is 1. The van der Waals surface area contributed by atoms with Crippen molar-refractivity contribution in [3.05, 3.63) is 71.0 Å². The molecule has 2 N–H and O–H groups in total. The first-order valence-electron chi connectivity index (χ1n) is 10.2. The number of rotatable bonds is 5. The smallest absolute Gasteiger partial charge is 0.475 e. The van der Waals surface area contributed by atoms with Crippen LogP contribution in [0.3, 0.4) is 0 Å². The van der Waals surface area contributed by atoms with Gasteiger partial charge in [0, 0.05) is 38.3 Å². The zero-order valence-electron chi connectivity index (χ0n) is 18.1. The summed E-state index contributed by atoms with van der Waals surface area (Å²) in [6, 6.07) is 8.39. The summed E-state index contributed by atoms with van der Waals surface area (Å²) < 4.78 is 71.7. The second kappa shape index (κ2) is 12.2. The van der Waals surface area contributed by atoms with Gasteiger partial charge < -0.3 is 20.2 Å². The topological polar surface area (TPSA) is 90.0 Å². The Balaban J connectivity index is 0.000000540. The van der Waals surface area contributed by atoms with Crippen LogP contribution in [0.1, 0.15) is 15.9 Å². The van der Waals surface area contributed by atoms with Crippen LogP contribution < -0.4 is 5.32 Å². The van der Waals surface area contributed by atoms with Crippen LogP contribution >= 0.6 is 0 Å². The second-order valence-electron chi connectivity index (χ2n) is 7.35. The molecule has 2 aromatic carbocycles. The van der Waals surface area contributed by atoms with E-state index in [9.17, 15) is 35.9 Å². The van der Waals surface area contributed by atoms with Crippen molar-refractivity contribution in [2.75, 3.05) is 32.7 Å². The minimum absolute atomic E-state index is 0.0376. The van der Waals surface area contributed by atoms with Gasteiger partial charge in [-0.15, -0.1) is 0 Å². The molecule has 1 saturated heterocycles. The summed E-state index contributed by atoms with van der Waals surface area (Å²) in [6.45, 7) is 2.22. The molecule has 0 spiro atoms. The van der Waals surface area contributed by atoms with E-state index in [1.807, 2.05) is 0 Å². The van der Waals surface area contributed by atoms with Gasteiger partial charge in [-0.1, -0.05) is 12.1 Å². The molecule has 1 fully saturated rings. The molecule has 3 rings (SSSR count). The van der Waals surface area contributed by atoms with Crippen molar-refractivity contribution < 1.29 is 45.8 Å². The number of alkyl halides is 3. The van der Waals surface area contributed by atoms with E-state index in [1.54, 1.807) is 4.90 Å². The molecule has 190 valence electrons. The molecule has 1 heterocycles. The minimum atomic E-state index is -5.08. The Labute approximate surface area is 195 Å². The summed E-state index contributed by atoms with van der Waals surface area (Å²) in [5, 5.41) is 10.3. The zero-order chi connectivity index (χ0) is 26.2. The fourth-order valence-electron chi connectivity index (χ4n) is 3.00. The Morgan fingerprint density at radius 3 is 2.03 bits per heavy atom. The van der Waals surface area contributed by atoms with Crippen molar-refractivity contribution in [2.24, 2.45) is 0 Å². The fraction of sp³-hybridized carbons (Fsp3) is 0.318. The van der Waals surface area contributed by atoms with Gasteiger partial charge in [0.1, 0.15) is 12.4 Å². The van der Waals surface area contributed by atoms with Gasteiger partial charge in [0.25, 0.3) is 5.91 Å². The number of benzene rings is 2. The highest BCUT2D eigenvalue weighted by Gasteiger charge is 2.38. The van der Waals surface area contributed by atoms with E-state index in [1.165, 1.54) is 35.2 Å². The van der Waals surface area contributed by atoms with E-state index in [-0.39, 0.29) is 24.6 Å². The molecule has 1 aliphatic rings. The highest BCUT2D eigenvalue weighted by atomic mass is 19.4. The van der Waals surface area contributed by atoms with E-state index in [0.717, 1.165) is 12.1 Å². The number of nitrogens with one attached hydrogen (secondary N) is 1. The number of carbonyl (C=O) groups excluding carboxylic acids is 2. The maximum Gasteiger partial charge on any atom is 0.490 e. The second-order valence-corrected chi connectivity index (χ2v) is 7.35. The van der Waals surface area contributed by atoms with Crippen LogP contribution in [0.4, 0.5) is 26.3 Å². The first-order chi connectivity index (χ1) is 16.4. The molecule has 2 aromatic rings. The molecule has 13 heteroatoms. The van der Waals surface area contributed by atoms with E-state index >= 15 is 0 Å². The summed E-state index contributed by atoms with van der Waals surface area (Å²) in [7, 11) is 0. The third kappa shape index (κ3) is 8.59. The summed E-state index contributed by atoms with van der Waals surface area (Å²) >= 11 is 0. The van der Waals surface area contributed by atoms with Crippen LogP contribution in [-0.2, 0) is 16.1 Å². The standard InChI is InChI=1S/C20H20F3N3O2.C2HF3O2/c21-16-4-1-14(2-5-16)12-26(13-19(27)25-9-7-24-8-10-25)20(28)15-3-6-17(22)18(23)11-15;3-2(4,5)1(6)7/h1-6,11,24H,7-10,12-13H2;(H,6,7). The van der Waals surface area contributed by atoms with Gasteiger partial charge in [0.2, 0.25) is 5.91 Å². The lowest BCUT2D eigenvalue weighted by molar-refractivity contribution is -0.192. The van der Waals surface area contributed by atoms with Crippen LogP contribution in [0, 0.1) is 17.5 Å². The molecule has 0 atom stereocenters. The highest BCUT2D eigenvalue weighted by Crippen LogP contribution is 2.15. The van der Waals surface area contributed by atoms with E-state index in [0.29, 0.717) is 31.7 Å². The summed E-state index contributed by atoms with van der Waals surface area (Å²) in [5.74, 6) is -6.21. The predicted octanol–water partition coefficient (Wildman–Crippen LogP) is 2.81. The molecule has 0 aromatic heterocycles. The van der Waals surface area contributed by atoms with Crippen LogP contribution in [0.15, 0.2) is 42.5 Å². The van der Waals surface area contributed by atoms with Gasteiger partial charge in [-0.3, -0.25) is 9.59 Å². The van der Waals surface area contributed by atoms with Gasteiger partial charge in [0.05, 0.1) is 0 Å². The van der Waals surface area contributed by atoms with Gasteiger partial charge >= 0.3 is 12.1 Å². The SMILES string of the molecule is O=C(CN(Cc1ccc(F)cc1)C(=O)c1ccc(F)c(F)c1)N1CCNCC1.O=C(O)C(F)(F)F. The van der Waals surface area contributed by atoms with Crippen molar-refractivity contribution in [3.63, 3.8) is 0 Å². The normalized spacial score (nSPS) is 13.5. The largest absolute Gasteiger partial charge is 0.490 e. The molecule has 0 radical (unpaired) electrons. The maximum atomic E-state index is 13.6. The number of amides is 2. The number of halogens is 6. The van der Waals surface area contributed by atoms with Crippen molar-refractivity contribution in [2.45, 2.75) is 12.7 Å². The van der Waals surface area contributed by atoms with E-state index in [2.05, 4.69) is 5.32 Å². The summed E-state index contributed by atoms with van der Waals surface area (Å²) in [6.07, 6.45) is -5.08. The molecule has 0 aliphatic carbocycles. The van der Waals surface area contributed by atoms with Crippen molar-refractivity contribution in [3.8, 4) is 0 Å². The van der Waals surface area contributed by atoms with Gasteiger partial charge in [-0.25, -0.2) is 18.0 Å². The fourth-order valence-corrected chi connectivity index (χ4v) is 3.00. The number of nitrogens with zero attached hydrogens (tertiary/aromatic N) is 2. The molecular formula is C22H21F6N3O4. The lowest BCUT2D eigenvalue weighted by Gasteiger charge is -2.30. The molecule has 2 amide bonds. The Morgan fingerprint density at radius 1 is 0.943 bits per heavy atom. The Hall–Kier alpha value is -3.61. The monoisotopic (exact) mass is 505 g/mol. The number of aliphatic carboxylic acids is 1. The molecule has 0 bridgehead atoms. The zero-order valence-corrected chi connectivity index (χ0v) is 18.1. The van der Waals surface area contributed by atoms with Gasteiger partial charge in [-0.05, 0) is 35.9 Å². The molecule has 7 nitrogen and oxygen atoms in total. The van der Waals surface area contributed by atoms with Crippen molar-refractivity contribution >= 4 is 17.8 Å². The number of hydrogen-bond donors (Lipinski definition) is 2. The predicted molar refractivity (Wildman–Crippen MR) is 111 cm³/mol. The number of carbonyl (C=O) groups is 3. The Bertz CT molecular complexity index is 1040. The first-order valence-corrected chi connectivity index (χ1v) is 10.2. The van der Waals surface area contributed by atoms with Gasteiger partial charge in [-0.2, -0.15) is 13.2 Å². The Kier molecular flexibility index (Phi) is 9.63. The third-order valence-electron chi connectivity index (χ3n) is 4.78. The lowest BCUT2D eigenvalue weighted by atomic mass is 10.1. The number of carboxylic acid groups (broad SMARTS) is 1. The lowest BCUT2D eigenvalue weighted by Crippen LogP contribution is -2.50. The molecule has 0 saturated carbocycles. The average molecular weight is 505 g/mol. The third-order valence-corrected chi connectivity index (χ3v) is 4.78.